The van der Waals surface area contributed by atoms with Crippen LogP contribution in [0.2, 0.25) is 0 Å². The number of carbonyl (C=O) groups is 1. The molecule has 0 aliphatic heterocycles. The highest BCUT2D eigenvalue weighted by Gasteiger charge is 2.35. The number of nitrogens with zero attached hydrogens (tertiary/aromatic N) is 1. The molecule has 0 amide bonds. The molecule has 0 spiro atoms. The third kappa shape index (κ3) is 3.63. The second kappa shape index (κ2) is 7.07. The highest BCUT2D eigenvalue weighted by atomic mass is 19.4. The second-order valence-corrected chi connectivity index (χ2v) is 5.33. The number of furan rings is 1. The number of halogens is 3. The number of rotatable bonds is 5. The van der Waals surface area contributed by atoms with Crippen molar-refractivity contribution in [2.24, 2.45) is 0 Å². The van der Waals surface area contributed by atoms with Crippen molar-refractivity contribution in [1.29, 1.82) is 0 Å². The summed E-state index contributed by atoms with van der Waals surface area (Å²) in [6.45, 7) is 1.57. The Labute approximate surface area is 146 Å². The maximum Gasteiger partial charge on any atom is 0.433 e. The van der Waals surface area contributed by atoms with Crippen molar-refractivity contribution in [3.63, 3.8) is 0 Å². The van der Waals surface area contributed by atoms with Crippen molar-refractivity contribution in [2.75, 3.05) is 6.61 Å². The van der Waals surface area contributed by atoms with Gasteiger partial charge in [0.2, 0.25) is 0 Å². The molecule has 2 heterocycles. The zero-order chi connectivity index (χ0) is 18.7. The Kier molecular flexibility index (Phi) is 4.83. The van der Waals surface area contributed by atoms with Gasteiger partial charge in [0.05, 0.1) is 6.61 Å². The Bertz CT molecular complexity index is 934. The molecule has 26 heavy (non-hydrogen) atoms. The maximum atomic E-state index is 13.0. The minimum Gasteiger partial charge on any atom is -0.489 e. The molecular formula is C18H14F3NO4. The average molecular weight is 365 g/mol. The van der Waals surface area contributed by atoms with Crippen molar-refractivity contribution in [2.45, 2.75) is 19.7 Å². The van der Waals surface area contributed by atoms with Gasteiger partial charge in [-0.3, -0.25) is 4.98 Å². The van der Waals surface area contributed by atoms with E-state index in [-0.39, 0.29) is 24.3 Å². The standard InChI is InChI=1S/C18H14F3NO4/c1-2-24-17(23)14-10-26-15-6-5-12(8-13(14)15)25-9-11-4-3-7-22-16(11)18(19,20)21/h3-8,10H,2,9H2,1H3. The normalized spacial score (nSPS) is 11.5. The maximum absolute atomic E-state index is 13.0. The first kappa shape index (κ1) is 17.8. The van der Waals surface area contributed by atoms with E-state index >= 15 is 0 Å². The minimum atomic E-state index is -4.56. The number of carbonyl (C=O) groups excluding carboxylic acids is 1. The van der Waals surface area contributed by atoms with Crippen LogP contribution < -0.4 is 4.74 Å². The molecule has 136 valence electrons. The summed E-state index contributed by atoms with van der Waals surface area (Å²) in [6, 6.07) is 7.35. The van der Waals surface area contributed by atoms with E-state index in [2.05, 4.69) is 4.98 Å². The third-order valence-corrected chi connectivity index (χ3v) is 3.59. The minimum absolute atomic E-state index is 0.0853. The fourth-order valence-corrected chi connectivity index (χ4v) is 2.44. The monoisotopic (exact) mass is 365 g/mol. The number of esters is 1. The number of alkyl halides is 3. The van der Waals surface area contributed by atoms with Gasteiger partial charge in [0.15, 0.2) is 5.69 Å². The summed E-state index contributed by atoms with van der Waals surface area (Å²) in [5.41, 5.74) is -0.406. The van der Waals surface area contributed by atoms with Gasteiger partial charge >= 0.3 is 12.1 Å². The number of fused-ring (bicyclic) bond motifs is 1. The van der Waals surface area contributed by atoms with Gasteiger partial charge < -0.3 is 13.9 Å². The molecule has 5 nitrogen and oxygen atoms in total. The van der Waals surface area contributed by atoms with E-state index in [4.69, 9.17) is 13.9 Å². The quantitative estimate of drug-likeness (QED) is 0.618. The van der Waals surface area contributed by atoms with Crippen LogP contribution in [-0.2, 0) is 17.5 Å². The fourth-order valence-electron chi connectivity index (χ4n) is 2.44. The first-order chi connectivity index (χ1) is 12.4. The largest absolute Gasteiger partial charge is 0.489 e. The molecule has 0 fully saturated rings. The predicted octanol–water partition coefficient (Wildman–Crippen LogP) is 4.60. The molecule has 1 aromatic carbocycles. The summed E-state index contributed by atoms with van der Waals surface area (Å²) in [5.74, 6) is -0.253. The molecule has 8 heteroatoms. The first-order valence-corrected chi connectivity index (χ1v) is 7.72. The molecule has 0 saturated carbocycles. The van der Waals surface area contributed by atoms with E-state index < -0.39 is 17.8 Å². The van der Waals surface area contributed by atoms with E-state index in [0.29, 0.717) is 16.7 Å². The van der Waals surface area contributed by atoms with E-state index in [1.54, 1.807) is 19.1 Å². The Morgan fingerprint density at radius 2 is 2.08 bits per heavy atom. The number of hydrogen-bond acceptors (Lipinski definition) is 5. The summed E-state index contributed by atoms with van der Waals surface area (Å²) in [4.78, 5) is 15.3. The lowest BCUT2D eigenvalue weighted by Crippen LogP contribution is -2.13. The van der Waals surface area contributed by atoms with E-state index in [1.165, 1.54) is 24.5 Å². The van der Waals surface area contributed by atoms with Crippen molar-refractivity contribution in [1.82, 2.24) is 4.98 Å². The van der Waals surface area contributed by atoms with Crippen molar-refractivity contribution >= 4 is 16.9 Å². The van der Waals surface area contributed by atoms with Crippen LogP contribution in [0.3, 0.4) is 0 Å². The lowest BCUT2D eigenvalue weighted by atomic mass is 10.1. The summed E-state index contributed by atoms with van der Waals surface area (Å²) >= 11 is 0. The lowest BCUT2D eigenvalue weighted by Gasteiger charge is -2.12. The van der Waals surface area contributed by atoms with E-state index in [0.717, 1.165) is 6.20 Å². The Morgan fingerprint density at radius 3 is 2.81 bits per heavy atom. The molecule has 0 bridgehead atoms. The van der Waals surface area contributed by atoms with Crippen LogP contribution in [0.1, 0.15) is 28.5 Å². The summed E-state index contributed by atoms with van der Waals surface area (Å²) in [7, 11) is 0. The predicted molar refractivity (Wildman–Crippen MR) is 85.7 cm³/mol. The van der Waals surface area contributed by atoms with Crippen LogP contribution in [-0.4, -0.2) is 17.6 Å². The van der Waals surface area contributed by atoms with Gasteiger partial charge in [-0.2, -0.15) is 13.2 Å². The molecule has 0 N–H and O–H groups in total. The van der Waals surface area contributed by atoms with Gasteiger partial charge in [-0.15, -0.1) is 0 Å². The molecule has 0 saturated heterocycles. The van der Waals surface area contributed by atoms with E-state index in [9.17, 15) is 18.0 Å². The van der Waals surface area contributed by atoms with Crippen molar-refractivity contribution < 1.29 is 31.9 Å². The van der Waals surface area contributed by atoms with Gasteiger partial charge in [0, 0.05) is 17.1 Å². The molecule has 3 rings (SSSR count). The van der Waals surface area contributed by atoms with E-state index in [1.807, 2.05) is 0 Å². The first-order valence-electron chi connectivity index (χ1n) is 7.72. The second-order valence-electron chi connectivity index (χ2n) is 5.33. The number of hydrogen-bond donors (Lipinski definition) is 0. The lowest BCUT2D eigenvalue weighted by molar-refractivity contribution is -0.142. The van der Waals surface area contributed by atoms with Gasteiger partial charge in [-0.25, -0.2) is 4.79 Å². The number of pyridine rings is 1. The number of ether oxygens (including phenoxy) is 2. The molecule has 0 unspecified atom stereocenters. The zero-order valence-electron chi connectivity index (χ0n) is 13.7. The molecule has 3 aromatic rings. The summed E-state index contributed by atoms with van der Waals surface area (Å²) in [5, 5.41) is 0.461. The third-order valence-electron chi connectivity index (χ3n) is 3.59. The smallest absolute Gasteiger partial charge is 0.433 e. The molecule has 0 aliphatic carbocycles. The van der Waals surface area contributed by atoms with Crippen LogP contribution >= 0.6 is 0 Å². The van der Waals surface area contributed by atoms with Crippen LogP contribution in [0.5, 0.6) is 5.75 Å². The van der Waals surface area contributed by atoms with Gasteiger partial charge in [0.25, 0.3) is 0 Å². The van der Waals surface area contributed by atoms with Crippen LogP contribution in [0.4, 0.5) is 13.2 Å². The number of aromatic nitrogens is 1. The van der Waals surface area contributed by atoms with Gasteiger partial charge in [-0.1, -0.05) is 6.07 Å². The topological polar surface area (TPSA) is 61.6 Å². The molecule has 0 aliphatic rings. The molecule has 0 radical (unpaired) electrons. The Hall–Kier alpha value is -3.03. The van der Waals surface area contributed by atoms with Crippen molar-refractivity contribution in [3.05, 3.63) is 59.6 Å². The molecular weight excluding hydrogens is 351 g/mol. The highest BCUT2D eigenvalue weighted by molar-refractivity contribution is 6.03. The highest BCUT2D eigenvalue weighted by Crippen LogP contribution is 2.31. The average Bonchev–Trinajstić information content (AvgIpc) is 3.03. The van der Waals surface area contributed by atoms with Gasteiger partial charge in [0.1, 0.15) is 29.8 Å². The zero-order valence-corrected chi connectivity index (χ0v) is 13.7. The number of benzene rings is 1. The molecule has 0 atom stereocenters. The summed E-state index contributed by atoms with van der Waals surface area (Å²) in [6.07, 6.45) is -2.21. The Balaban J connectivity index is 1.84. The summed E-state index contributed by atoms with van der Waals surface area (Å²) < 4.78 is 54.6. The van der Waals surface area contributed by atoms with Crippen molar-refractivity contribution in [3.8, 4) is 5.75 Å². The van der Waals surface area contributed by atoms with Crippen LogP contribution in [0.15, 0.2) is 47.2 Å². The van der Waals surface area contributed by atoms with Gasteiger partial charge in [-0.05, 0) is 31.2 Å². The molecule has 2 aromatic heterocycles. The Morgan fingerprint density at radius 1 is 1.27 bits per heavy atom. The van der Waals surface area contributed by atoms with Crippen LogP contribution in [0, 0.1) is 0 Å². The van der Waals surface area contributed by atoms with Crippen LogP contribution in [0.25, 0.3) is 11.0 Å². The fraction of sp³-hybridized carbons (Fsp3) is 0.222. The SMILES string of the molecule is CCOC(=O)c1coc2ccc(OCc3cccnc3C(F)(F)F)cc12.